The molecule has 2 unspecified atom stereocenters. The van der Waals surface area contributed by atoms with Crippen LogP contribution in [0.5, 0.6) is 0 Å². The van der Waals surface area contributed by atoms with Gasteiger partial charge < -0.3 is 9.84 Å². The molecule has 1 N–H and O–H groups in total. The van der Waals surface area contributed by atoms with Crippen molar-refractivity contribution in [3.63, 3.8) is 0 Å². The maximum atomic E-state index is 10.5. The SMILES string of the molecule is CCC1(C)CC(O)(CCC(C)C)CCO1. The van der Waals surface area contributed by atoms with Crippen molar-refractivity contribution < 1.29 is 9.84 Å². The van der Waals surface area contributed by atoms with Crippen molar-refractivity contribution in [1.82, 2.24) is 0 Å². The molecule has 2 atom stereocenters. The molecule has 0 saturated carbocycles. The highest BCUT2D eigenvalue weighted by molar-refractivity contribution is 4.92. The summed E-state index contributed by atoms with van der Waals surface area (Å²) < 4.78 is 5.76. The standard InChI is InChI=1S/C13H26O2/c1-5-12(4)10-13(14,8-9-15-12)7-6-11(2)3/h11,14H,5-10H2,1-4H3. The van der Waals surface area contributed by atoms with Crippen LogP contribution in [0.2, 0.25) is 0 Å². The smallest absolute Gasteiger partial charge is 0.0697 e. The lowest BCUT2D eigenvalue weighted by Crippen LogP contribution is -2.47. The minimum Gasteiger partial charge on any atom is -0.390 e. The van der Waals surface area contributed by atoms with Gasteiger partial charge in [0.1, 0.15) is 0 Å². The summed E-state index contributed by atoms with van der Waals surface area (Å²) in [6.07, 6.45) is 4.61. The van der Waals surface area contributed by atoms with E-state index in [2.05, 4.69) is 27.7 Å². The summed E-state index contributed by atoms with van der Waals surface area (Å²) in [4.78, 5) is 0. The second-order valence-corrected chi connectivity index (χ2v) is 5.74. The summed E-state index contributed by atoms with van der Waals surface area (Å²) in [6, 6.07) is 0. The van der Waals surface area contributed by atoms with Gasteiger partial charge in [-0.05, 0) is 38.5 Å². The van der Waals surface area contributed by atoms with Gasteiger partial charge in [-0.25, -0.2) is 0 Å². The number of hydrogen-bond donors (Lipinski definition) is 1. The minimum atomic E-state index is -0.479. The van der Waals surface area contributed by atoms with E-state index in [0.29, 0.717) is 12.5 Å². The summed E-state index contributed by atoms with van der Waals surface area (Å²) in [5.74, 6) is 0.671. The van der Waals surface area contributed by atoms with Crippen LogP contribution in [-0.4, -0.2) is 22.9 Å². The van der Waals surface area contributed by atoms with E-state index in [1.54, 1.807) is 0 Å². The van der Waals surface area contributed by atoms with Crippen molar-refractivity contribution in [2.75, 3.05) is 6.61 Å². The van der Waals surface area contributed by atoms with Crippen LogP contribution in [0.25, 0.3) is 0 Å². The zero-order valence-corrected chi connectivity index (χ0v) is 10.7. The van der Waals surface area contributed by atoms with Crippen LogP contribution in [-0.2, 0) is 4.74 Å². The highest BCUT2D eigenvalue weighted by Gasteiger charge is 2.40. The normalized spacial score (nSPS) is 37.2. The van der Waals surface area contributed by atoms with Crippen LogP contribution >= 0.6 is 0 Å². The summed E-state index contributed by atoms with van der Waals surface area (Å²) in [7, 11) is 0. The minimum absolute atomic E-state index is 0.107. The molecular formula is C13H26O2. The van der Waals surface area contributed by atoms with E-state index < -0.39 is 5.60 Å². The van der Waals surface area contributed by atoms with Gasteiger partial charge in [0.15, 0.2) is 0 Å². The first-order chi connectivity index (χ1) is 6.89. The van der Waals surface area contributed by atoms with Crippen LogP contribution in [0.3, 0.4) is 0 Å². The van der Waals surface area contributed by atoms with Crippen LogP contribution in [0.4, 0.5) is 0 Å². The number of ether oxygens (including phenoxy) is 1. The van der Waals surface area contributed by atoms with Gasteiger partial charge in [0.2, 0.25) is 0 Å². The molecule has 1 aliphatic heterocycles. The van der Waals surface area contributed by atoms with Gasteiger partial charge >= 0.3 is 0 Å². The van der Waals surface area contributed by atoms with Crippen LogP contribution in [0.1, 0.15) is 59.8 Å². The molecule has 1 aliphatic rings. The highest BCUT2D eigenvalue weighted by Crippen LogP contribution is 2.37. The fourth-order valence-electron chi connectivity index (χ4n) is 2.32. The number of hydrogen-bond acceptors (Lipinski definition) is 2. The monoisotopic (exact) mass is 214 g/mol. The van der Waals surface area contributed by atoms with Crippen LogP contribution in [0.15, 0.2) is 0 Å². The van der Waals surface area contributed by atoms with Crippen molar-refractivity contribution in [3.05, 3.63) is 0 Å². The Morgan fingerprint density at radius 1 is 1.40 bits per heavy atom. The Kier molecular flexibility index (Phi) is 4.19. The average molecular weight is 214 g/mol. The molecule has 1 rings (SSSR count). The third-order valence-corrected chi connectivity index (χ3v) is 3.66. The highest BCUT2D eigenvalue weighted by atomic mass is 16.5. The molecule has 1 heterocycles. The molecule has 0 amide bonds. The summed E-state index contributed by atoms with van der Waals surface area (Å²) in [5, 5.41) is 10.5. The van der Waals surface area contributed by atoms with Gasteiger partial charge in [-0.2, -0.15) is 0 Å². The predicted molar refractivity (Wildman–Crippen MR) is 62.9 cm³/mol. The van der Waals surface area contributed by atoms with Gasteiger partial charge in [-0.3, -0.25) is 0 Å². The molecular weight excluding hydrogens is 188 g/mol. The quantitative estimate of drug-likeness (QED) is 0.779. The van der Waals surface area contributed by atoms with E-state index in [4.69, 9.17) is 4.74 Å². The van der Waals surface area contributed by atoms with Crippen molar-refractivity contribution in [2.24, 2.45) is 5.92 Å². The maximum Gasteiger partial charge on any atom is 0.0697 e. The average Bonchev–Trinajstić information content (AvgIpc) is 2.15. The lowest BCUT2D eigenvalue weighted by molar-refractivity contribution is -0.156. The summed E-state index contributed by atoms with van der Waals surface area (Å²) in [6.45, 7) is 9.38. The molecule has 0 aromatic heterocycles. The first-order valence-corrected chi connectivity index (χ1v) is 6.25. The van der Waals surface area contributed by atoms with Gasteiger partial charge in [-0.1, -0.05) is 20.8 Å². The van der Waals surface area contributed by atoms with Crippen molar-refractivity contribution in [2.45, 2.75) is 71.0 Å². The second kappa shape index (κ2) is 4.84. The zero-order valence-electron chi connectivity index (χ0n) is 10.7. The van der Waals surface area contributed by atoms with Gasteiger partial charge in [-0.15, -0.1) is 0 Å². The van der Waals surface area contributed by atoms with E-state index in [9.17, 15) is 5.11 Å². The Hall–Kier alpha value is -0.0800. The molecule has 0 aromatic carbocycles. The molecule has 2 heteroatoms. The largest absolute Gasteiger partial charge is 0.390 e. The third kappa shape index (κ3) is 3.76. The fraction of sp³-hybridized carbons (Fsp3) is 1.00. The van der Waals surface area contributed by atoms with Crippen LogP contribution in [0, 0.1) is 5.92 Å². The Morgan fingerprint density at radius 3 is 2.60 bits per heavy atom. The Morgan fingerprint density at radius 2 is 2.07 bits per heavy atom. The second-order valence-electron chi connectivity index (χ2n) is 5.74. The molecule has 2 nitrogen and oxygen atoms in total. The first kappa shape index (κ1) is 13.0. The van der Waals surface area contributed by atoms with Gasteiger partial charge in [0.25, 0.3) is 0 Å². The van der Waals surface area contributed by atoms with Crippen molar-refractivity contribution >= 4 is 0 Å². The lowest BCUT2D eigenvalue weighted by atomic mass is 9.78. The lowest BCUT2D eigenvalue weighted by Gasteiger charge is -2.43. The molecule has 90 valence electrons. The Labute approximate surface area is 94.0 Å². The summed E-state index contributed by atoms with van der Waals surface area (Å²) in [5.41, 5.74) is -0.586. The molecule has 0 spiro atoms. The van der Waals surface area contributed by atoms with E-state index in [0.717, 1.165) is 32.1 Å². The van der Waals surface area contributed by atoms with Gasteiger partial charge in [0.05, 0.1) is 17.8 Å². The Balaban J connectivity index is 2.52. The molecule has 0 aliphatic carbocycles. The van der Waals surface area contributed by atoms with E-state index >= 15 is 0 Å². The number of rotatable bonds is 4. The third-order valence-electron chi connectivity index (χ3n) is 3.66. The maximum absolute atomic E-state index is 10.5. The van der Waals surface area contributed by atoms with Crippen molar-refractivity contribution in [3.8, 4) is 0 Å². The molecule has 1 fully saturated rings. The van der Waals surface area contributed by atoms with Gasteiger partial charge in [0, 0.05) is 6.42 Å². The molecule has 0 bridgehead atoms. The van der Waals surface area contributed by atoms with E-state index in [-0.39, 0.29) is 5.60 Å². The molecule has 0 radical (unpaired) electrons. The first-order valence-electron chi connectivity index (χ1n) is 6.25. The summed E-state index contributed by atoms with van der Waals surface area (Å²) >= 11 is 0. The molecule has 0 aromatic rings. The molecule has 1 saturated heterocycles. The van der Waals surface area contributed by atoms with Crippen molar-refractivity contribution in [1.29, 1.82) is 0 Å². The zero-order chi connectivity index (χ0) is 11.5. The topological polar surface area (TPSA) is 29.5 Å². The number of aliphatic hydroxyl groups is 1. The molecule has 15 heavy (non-hydrogen) atoms. The van der Waals surface area contributed by atoms with E-state index in [1.165, 1.54) is 0 Å². The fourth-order valence-corrected chi connectivity index (χ4v) is 2.32. The van der Waals surface area contributed by atoms with Crippen LogP contribution < -0.4 is 0 Å². The predicted octanol–water partition coefficient (Wildman–Crippen LogP) is 3.13. The van der Waals surface area contributed by atoms with E-state index in [1.807, 2.05) is 0 Å². The Bertz CT molecular complexity index is 203.